The molecule has 0 unspecified atom stereocenters. The van der Waals surface area contributed by atoms with E-state index in [0.717, 1.165) is 5.57 Å². The summed E-state index contributed by atoms with van der Waals surface area (Å²) in [5, 5.41) is 0. The van der Waals surface area contributed by atoms with E-state index in [1.807, 2.05) is 13.0 Å². The lowest BCUT2D eigenvalue weighted by Crippen LogP contribution is -2.48. The van der Waals surface area contributed by atoms with E-state index in [1.54, 1.807) is 11.9 Å². The maximum atomic E-state index is 11.7. The molecule has 5 heteroatoms. The van der Waals surface area contributed by atoms with Crippen molar-refractivity contribution >= 4 is 11.9 Å². The Labute approximate surface area is 82.1 Å². The zero-order valence-electron chi connectivity index (χ0n) is 8.23. The molecular formula is C9H13N3O2. The van der Waals surface area contributed by atoms with E-state index in [-0.39, 0.29) is 12.1 Å². The number of likely N-dealkylation sites (N-methyl/N-ethyl adjacent to an activating group) is 1. The first-order valence-electron chi connectivity index (χ1n) is 4.53. The van der Waals surface area contributed by atoms with Gasteiger partial charge in [0.15, 0.2) is 0 Å². The molecule has 0 spiro atoms. The van der Waals surface area contributed by atoms with Gasteiger partial charge in [0, 0.05) is 13.6 Å². The van der Waals surface area contributed by atoms with Crippen LogP contribution in [0.4, 0.5) is 4.79 Å². The summed E-state index contributed by atoms with van der Waals surface area (Å²) in [5.41, 5.74) is 6.12. The lowest BCUT2D eigenvalue weighted by atomic mass is 10.0. The molecule has 2 N–H and O–H groups in total. The highest BCUT2D eigenvalue weighted by Gasteiger charge is 2.43. The van der Waals surface area contributed by atoms with E-state index in [4.69, 9.17) is 5.73 Å². The molecule has 14 heavy (non-hydrogen) atoms. The Morgan fingerprint density at radius 2 is 2.29 bits per heavy atom. The number of carbonyl (C=O) groups is 2. The molecule has 2 bridgehead atoms. The molecule has 2 heterocycles. The molecule has 0 saturated carbocycles. The van der Waals surface area contributed by atoms with Crippen LogP contribution in [-0.2, 0) is 4.79 Å². The number of nitrogens with two attached hydrogens (primary N) is 1. The van der Waals surface area contributed by atoms with Crippen molar-refractivity contribution in [1.29, 1.82) is 0 Å². The van der Waals surface area contributed by atoms with Gasteiger partial charge in [0.1, 0.15) is 6.04 Å². The highest BCUT2D eigenvalue weighted by molar-refractivity contribution is 5.90. The van der Waals surface area contributed by atoms with Crippen molar-refractivity contribution in [2.75, 3.05) is 13.6 Å². The first kappa shape index (κ1) is 9.05. The molecule has 76 valence electrons. The minimum atomic E-state index is -0.552. The van der Waals surface area contributed by atoms with E-state index >= 15 is 0 Å². The predicted molar refractivity (Wildman–Crippen MR) is 50.4 cm³/mol. The van der Waals surface area contributed by atoms with Crippen molar-refractivity contribution in [1.82, 2.24) is 9.80 Å². The number of hydrogen-bond acceptors (Lipinski definition) is 2. The molecule has 5 nitrogen and oxygen atoms in total. The zero-order valence-corrected chi connectivity index (χ0v) is 8.23. The molecule has 3 amide bonds. The second-order valence-corrected chi connectivity index (χ2v) is 3.83. The van der Waals surface area contributed by atoms with Crippen LogP contribution < -0.4 is 5.73 Å². The third kappa shape index (κ3) is 1.01. The van der Waals surface area contributed by atoms with Crippen LogP contribution in [0.5, 0.6) is 0 Å². The molecule has 1 saturated heterocycles. The quantitative estimate of drug-likeness (QED) is 0.575. The number of fused-ring (bicyclic) bond motifs is 2. The Morgan fingerprint density at radius 1 is 1.64 bits per heavy atom. The van der Waals surface area contributed by atoms with Crippen molar-refractivity contribution in [3.63, 3.8) is 0 Å². The summed E-state index contributed by atoms with van der Waals surface area (Å²) in [5.74, 6) is -0.458. The van der Waals surface area contributed by atoms with Crippen LogP contribution in [0.1, 0.15) is 6.92 Å². The molecular weight excluding hydrogens is 182 g/mol. The summed E-state index contributed by atoms with van der Waals surface area (Å²) in [6.45, 7) is 2.40. The lowest BCUT2D eigenvalue weighted by Gasteiger charge is -2.27. The van der Waals surface area contributed by atoms with E-state index in [9.17, 15) is 9.59 Å². The maximum Gasteiger partial charge on any atom is 0.321 e. The molecule has 2 atom stereocenters. The van der Waals surface area contributed by atoms with Gasteiger partial charge in [-0.3, -0.25) is 4.79 Å². The van der Waals surface area contributed by atoms with Crippen LogP contribution >= 0.6 is 0 Å². The number of rotatable bonds is 1. The van der Waals surface area contributed by atoms with Gasteiger partial charge in [-0.15, -0.1) is 0 Å². The molecule has 1 fully saturated rings. The van der Waals surface area contributed by atoms with Crippen LogP contribution in [0, 0.1) is 0 Å². The number of carbonyl (C=O) groups excluding carboxylic acids is 2. The smallest absolute Gasteiger partial charge is 0.321 e. The fraction of sp³-hybridized carbons (Fsp3) is 0.556. The average molecular weight is 195 g/mol. The number of primary amides is 1. The topological polar surface area (TPSA) is 66.6 Å². The molecule has 2 rings (SSSR count). The van der Waals surface area contributed by atoms with Crippen molar-refractivity contribution in [2.45, 2.75) is 19.0 Å². The Morgan fingerprint density at radius 3 is 2.86 bits per heavy atom. The zero-order chi connectivity index (χ0) is 10.5. The van der Waals surface area contributed by atoms with Gasteiger partial charge in [-0.05, 0) is 12.5 Å². The molecule has 0 radical (unpaired) electrons. The van der Waals surface area contributed by atoms with Crippen LogP contribution in [0.25, 0.3) is 0 Å². The third-order valence-corrected chi connectivity index (χ3v) is 2.90. The summed E-state index contributed by atoms with van der Waals surface area (Å²) < 4.78 is 0. The van der Waals surface area contributed by atoms with Gasteiger partial charge in [-0.1, -0.05) is 6.08 Å². The van der Waals surface area contributed by atoms with E-state index < -0.39 is 11.9 Å². The largest absolute Gasteiger partial charge is 0.368 e. The summed E-state index contributed by atoms with van der Waals surface area (Å²) in [7, 11) is 1.74. The molecule has 0 aromatic heterocycles. The van der Waals surface area contributed by atoms with Crippen LogP contribution in [-0.4, -0.2) is 47.4 Å². The summed E-state index contributed by atoms with van der Waals surface area (Å²) in [6.07, 6.45) is 1.94. The maximum absolute atomic E-state index is 11.7. The van der Waals surface area contributed by atoms with E-state index in [0.29, 0.717) is 6.54 Å². The number of amides is 3. The van der Waals surface area contributed by atoms with Gasteiger partial charge in [-0.2, -0.15) is 0 Å². The molecule has 2 aliphatic rings. The molecule has 0 aromatic rings. The predicted octanol–water partition coefficient (Wildman–Crippen LogP) is -0.464. The van der Waals surface area contributed by atoms with Crippen molar-refractivity contribution in [2.24, 2.45) is 5.73 Å². The number of nitrogens with zero attached hydrogens (tertiary/aromatic N) is 2. The molecule has 2 aliphatic heterocycles. The van der Waals surface area contributed by atoms with E-state index in [2.05, 4.69) is 0 Å². The Hall–Kier alpha value is -1.52. The molecule has 0 aromatic carbocycles. The van der Waals surface area contributed by atoms with Crippen LogP contribution in [0.2, 0.25) is 0 Å². The summed E-state index contributed by atoms with van der Waals surface area (Å²) >= 11 is 0. The normalized spacial score (nSPS) is 30.7. The Kier molecular flexibility index (Phi) is 1.77. The standard InChI is InChI=1S/C9H13N3O2/c1-5-3-6-4-12(7(5)8(10)13)9(14)11(6)2/h3,6-7H,4H2,1-2H3,(H2,10,13)/t6-,7+/m1/s1. The Balaban J connectivity index is 2.39. The number of urea groups is 1. The van der Waals surface area contributed by atoms with Gasteiger partial charge in [0.2, 0.25) is 5.91 Å². The average Bonchev–Trinajstić information content (AvgIpc) is 2.31. The van der Waals surface area contributed by atoms with Crippen molar-refractivity contribution in [3.8, 4) is 0 Å². The lowest BCUT2D eigenvalue weighted by molar-refractivity contribution is -0.121. The van der Waals surface area contributed by atoms with Gasteiger partial charge >= 0.3 is 6.03 Å². The van der Waals surface area contributed by atoms with Gasteiger partial charge in [0.05, 0.1) is 6.04 Å². The van der Waals surface area contributed by atoms with E-state index in [1.165, 1.54) is 4.90 Å². The summed E-state index contributed by atoms with van der Waals surface area (Å²) in [4.78, 5) is 26.0. The Bertz CT molecular complexity index is 337. The first-order valence-corrected chi connectivity index (χ1v) is 4.53. The second-order valence-electron chi connectivity index (χ2n) is 3.83. The third-order valence-electron chi connectivity index (χ3n) is 2.90. The fourth-order valence-electron chi connectivity index (χ4n) is 2.15. The second kappa shape index (κ2) is 2.73. The minimum absolute atomic E-state index is 0.0955. The van der Waals surface area contributed by atoms with Crippen LogP contribution in [0.15, 0.2) is 11.6 Å². The van der Waals surface area contributed by atoms with Gasteiger partial charge < -0.3 is 15.5 Å². The highest BCUT2D eigenvalue weighted by Crippen LogP contribution is 2.27. The van der Waals surface area contributed by atoms with Crippen molar-refractivity contribution < 1.29 is 9.59 Å². The SMILES string of the molecule is CC1=C[C@@H]2CN(C(=O)N2C)[C@@H]1C(N)=O. The van der Waals surface area contributed by atoms with Crippen molar-refractivity contribution in [3.05, 3.63) is 11.6 Å². The highest BCUT2D eigenvalue weighted by atomic mass is 16.2. The number of hydrogen-bond donors (Lipinski definition) is 1. The van der Waals surface area contributed by atoms with Gasteiger partial charge in [-0.25, -0.2) is 4.79 Å². The molecule has 0 aliphatic carbocycles. The van der Waals surface area contributed by atoms with Crippen LogP contribution in [0.3, 0.4) is 0 Å². The fourth-order valence-corrected chi connectivity index (χ4v) is 2.15. The minimum Gasteiger partial charge on any atom is -0.368 e. The first-order chi connectivity index (χ1) is 6.52. The monoisotopic (exact) mass is 195 g/mol. The summed E-state index contributed by atoms with van der Waals surface area (Å²) in [6, 6.07) is -0.575. The van der Waals surface area contributed by atoms with Gasteiger partial charge in [0.25, 0.3) is 0 Å².